The van der Waals surface area contributed by atoms with Crippen LogP contribution in [0.4, 0.5) is 5.13 Å². The molecule has 1 saturated heterocycles. The fraction of sp³-hybridized carbons (Fsp3) is 0.273. The molecule has 1 aromatic carbocycles. The van der Waals surface area contributed by atoms with Gasteiger partial charge >= 0.3 is 11.9 Å². The van der Waals surface area contributed by atoms with Crippen LogP contribution in [0.25, 0.3) is 0 Å². The monoisotopic (exact) mass is 547 g/mol. The van der Waals surface area contributed by atoms with Gasteiger partial charge in [-0.1, -0.05) is 5.16 Å². The van der Waals surface area contributed by atoms with Gasteiger partial charge in [-0.3, -0.25) is 14.5 Å². The molecule has 0 spiro atoms. The van der Waals surface area contributed by atoms with Crippen LogP contribution in [0.3, 0.4) is 0 Å². The largest absolute Gasteiger partial charge is 0.497 e. The third-order valence-corrected chi connectivity index (χ3v) is 7.07. The molecule has 0 saturated carbocycles. The molecule has 194 valence electrons. The molecule has 0 aliphatic carbocycles. The molecule has 0 bridgehead atoms. The minimum Gasteiger partial charge on any atom is -0.497 e. The molecule has 2 aliphatic rings. The van der Waals surface area contributed by atoms with Gasteiger partial charge in [0.1, 0.15) is 35.7 Å². The second-order valence-corrected chi connectivity index (χ2v) is 9.42. The number of nitrogens with zero attached hydrogens (tertiary/aromatic N) is 3. The molecule has 1 aromatic heterocycles. The van der Waals surface area contributed by atoms with Gasteiger partial charge in [-0.25, -0.2) is 14.6 Å². The third kappa shape index (κ3) is 5.51. The van der Waals surface area contributed by atoms with Crippen molar-refractivity contribution in [2.75, 3.05) is 32.5 Å². The second-order valence-electron chi connectivity index (χ2n) is 7.38. The van der Waals surface area contributed by atoms with Crippen molar-refractivity contribution in [3.05, 3.63) is 52.7 Å². The van der Waals surface area contributed by atoms with E-state index in [1.165, 1.54) is 54.5 Å². The fourth-order valence-electron chi connectivity index (χ4n) is 3.45. The summed E-state index contributed by atoms with van der Waals surface area (Å²) in [5.41, 5.74) is 5.94. The van der Waals surface area contributed by atoms with Crippen LogP contribution in [0.15, 0.2) is 46.6 Å². The number of hydrogen-bond donors (Lipinski definition) is 2. The van der Waals surface area contributed by atoms with Gasteiger partial charge in [0.25, 0.3) is 11.8 Å². The maximum atomic E-state index is 12.8. The molecule has 1 fully saturated rings. The summed E-state index contributed by atoms with van der Waals surface area (Å²) >= 11 is 2.47. The number of thiazole rings is 1. The highest BCUT2D eigenvalue weighted by Gasteiger charge is 2.53. The average molecular weight is 548 g/mol. The molecule has 3 heterocycles. The summed E-state index contributed by atoms with van der Waals surface area (Å²) < 4.78 is 15.1. The summed E-state index contributed by atoms with van der Waals surface area (Å²) in [5.74, 6) is -1.78. The zero-order valence-electron chi connectivity index (χ0n) is 19.5. The van der Waals surface area contributed by atoms with Gasteiger partial charge in [-0.15, -0.1) is 23.1 Å². The maximum Gasteiger partial charge on any atom is 0.357 e. The molecule has 4 rings (SSSR count). The van der Waals surface area contributed by atoms with E-state index < -0.39 is 42.0 Å². The maximum absolute atomic E-state index is 12.8. The molecule has 0 radical (unpaired) electrons. The van der Waals surface area contributed by atoms with Gasteiger partial charge in [-0.2, -0.15) is 0 Å². The topological polar surface area (TPSA) is 172 Å². The van der Waals surface area contributed by atoms with Crippen molar-refractivity contribution >= 4 is 57.7 Å². The van der Waals surface area contributed by atoms with Crippen molar-refractivity contribution in [1.29, 1.82) is 0 Å². The van der Waals surface area contributed by atoms with Crippen LogP contribution >= 0.6 is 23.1 Å². The van der Waals surface area contributed by atoms with Crippen LogP contribution in [0.5, 0.6) is 5.75 Å². The fourth-order valence-corrected chi connectivity index (χ4v) is 5.19. The van der Waals surface area contributed by atoms with Crippen LogP contribution in [0, 0.1) is 0 Å². The lowest BCUT2D eigenvalue weighted by Crippen LogP contribution is -2.70. The number of β-lactam (4-membered cyclic amide) rings is 1. The van der Waals surface area contributed by atoms with E-state index in [0.717, 1.165) is 11.3 Å². The quantitative estimate of drug-likeness (QED) is 0.149. The molecule has 2 aromatic rings. The molecule has 2 atom stereocenters. The zero-order valence-corrected chi connectivity index (χ0v) is 21.2. The van der Waals surface area contributed by atoms with Gasteiger partial charge in [-0.05, 0) is 30.3 Å². The highest BCUT2D eigenvalue weighted by Crippen LogP contribution is 2.37. The minimum absolute atomic E-state index is 0.00203. The number of hydrogen-bond acceptors (Lipinski definition) is 13. The first-order valence-corrected chi connectivity index (χ1v) is 12.5. The first-order valence-electron chi connectivity index (χ1n) is 10.6. The van der Waals surface area contributed by atoms with E-state index in [0.29, 0.717) is 11.5 Å². The third-order valence-electron chi connectivity index (χ3n) is 5.21. The van der Waals surface area contributed by atoms with Crippen molar-refractivity contribution in [3.63, 3.8) is 0 Å². The normalized spacial score (nSPS) is 18.6. The molecule has 15 heteroatoms. The Morgan fingerprint density at radius 2 is 1.92 bits per heavy atom. The number of esters is 2. The number of aromatic nitrogens is 1. The van der Waals surface area contributed by atoms with E-state index in [1.807, 2.05) is 0 Å². The van der Waals surface area contributed by atoms with Crippen molar-refractivity contribution in [2.45, 2.75) is 11.4 Å². The van der Waals surface area contributed by atoms with Crippen molar-refractivity contribution in [3.8, 4) is 5.75 Å². The first kappa shape index (κ1) is 26.0. The Labute approximate surface area is 218 Å². The summed E-state index contributed by atoms with van der Waals surface area (Å²) in [6, 6.07) is 5.28. The predicted octanol–water partition coefficient (Wildman–Crippen LogP) is 0.726. The van der Waals surface area contributed by atoms with Crippen molar-refractivity contribution < 1.29 is 38.2 Å². The number of fused-ring (bicyclic) bond motifs is 1. The number of ether oxygens (including phenoxy) is 3. The van der Waals surface area contributed by atoms with E-state index in [9.17, 15) is 19.2 Å². The molecular formula is C22H21N5O8S2. The van der Waals surface area contributed by atoms with Crippen LogP contribution in [0.1, 0.15) is 16.1 Å². The molecule has 37 heavy (non-hydrogen) atoms. The van der Waals surface area contributed by atoms with Crippen molar-refractivity contribution in [1.82, 2.24) is 15.2 Å². The molecule has 0 unspecified atom stereocenters. The van der Waals surface area contributed by atoms with E-state index in [-0.39, 0.29) is 27.8 Å². The smallest absolute Gasteiger partial charge is 0.357 e. The Morgan fingerprint density at radius 3 is 2.57 bits per heavy atom. The Bertz CT molecular complexity index is 1280. The summed E-state index contributed by atoms with van der Waals surface area (Å²) in [5, 5.41) is 7.53. The number of amides is 2. The van der Waals surface area contributed by atoms with E-state index in [1.54, 1.807) is 12.1 Å². The van der Waals surface area contributed by atoms with E-state index >= 15 is 0 Å². The van der Waals surface area contributed by atoms with Gasteiger partial charge in [0, 0.05) is 11.1 Å². The SMILES string of the molecule is CO/N=C(\C(=O)N[C@@H]1C(=O)N2C(C(=O)OCOC(=O)c3ccc(OC)cc3)=CCS[C@H]12)c1csc(N)n1. The Balaban J connectivity index is 1.33. The number of anilines is 1. The lowest BCUT2D eigenvalue weighted by molar-refractivity contribution is -0.156. The van der Waals surface area contributed by atoms with Gasteiger partial charge in [0.2, 0.25) is 6.79 Å². The van der Waals surface area contributed by atoms with Crippen molar-refractivity contribution in [2.24, 2.45) is 5.16 Å². The number of carbonyl (C=O) groups is 4. The van der Waals surface area contributed by atoms with Crippen LogP contribution < -0.4 is 15.8 Å². The number of carbonyl (C=O) groups excluding carboxylic acids is 4. The number of nitrogen functional groups attached to an aromatic ring is 1. The first-order chi connectivity index (χ1) is 17.8. The van der Waals surface area contributed by atoms with Gasteiger partial charge in [0.15, 0.2) is 10.8 Å². The number of methoxy groups -OCH3 is 1. The Kier molecular flexibility index (Phi) is 7.93. The van der Waals surface area contributed by atoms with E-state index in [2.05, 4.69) is 15.5 Å². The van der Waals surface area contributed by atoms with Crippen LogP contribution in [-0.2, 0) is 28.7 Å². The highest BCUT2D eigenvalue weighted by atomic mass is 32.2. The average Bonchev–Trinajstić information content (AvgIpc) is 3.35. The second kappa shape index (κ2) is 11.3. The summed E-state index contributed by atoms with van der Waals surface area (Å²) in [7, 11) is 2.77. The summed E-state index contributed by atoms with van der Waals surface area (Å²) in [6.07, 6.45) is 1.53. The minimum atomic E-state index is -0.917. The predicted molar refractivity (Wildman–Crippen MR) is 133 cm³/mol. The number of oxime groups is 1. The summed E-state index contributed by atoms with van der Waals surface area (Å²) in [4.78, 5) is 60.3. The molecule has 3 N–H and O–H groups in total. The number of nitrogens with one attached hydrogen (secondary N) is 1. The Hall–Kier alpha value is -4.11. The van der Waals surface area contributed by atoms with E-state index in [4.69, 9.17) is 24.8 Å². The summed E-state index contributed by atoms with van der Waals surface area (Å²) in [6.45, 7) is -0.644. The molecule has 13 nitrogen and oxygen atoms in total. The zero-order chi connectivity index (χ0) is 26.5. The standard InChI is InChI=1S/C22H21N5O8S2/c1-32-12-5-3-11(4-6-12)20(30)34-10-35-21(31)14-7-8-36-19-16(18(29)27(14)19)25-17(28)15(26-33-2)13-9-37-22(23)24-13/h3-7,9,16,19H,8,10H2,1-2H3,(H2,23,24)(H,25,28)/b26-15-/t16-,19-/m1/s1. The van der Waals surface area contributed by atoms with Gasteiger partial charge in [0.05, 0.1) is 12.7 Å². The van der Waals surface area contributed by atoms with Crippen LogP contribution in [-0.4, -0.2) is 77.5 Å². The molecular weight excluding hydrogens is 526 g/mol. The molecule has 2 aliphatic heterocycles. The lowest BCUT2D eigenvalue weighted by Gasteiger charge is -2.48. The molecule has 2 amide bonds. The number of benzene rings is 1. The lowest BCUT2D eigenvalue weighted by atomic mass is 10.0. The highest BCUT2D eigenvalue weighted by molar-refractivity contribution is 8.00. The number of thioether (sulfide) groups is 1. The number of rotatable bonds is 9. The Morgan fingerprint density at radius 1 is 1.19 bits per heavy atom. The van der Waals surface area contributed by atoms with Gasteiger partial charge < -0.3 is 30.1 Å². The number of nitrogens with two attached hydrogens (primary N) is 1. The van der Waals surface area contributed by atoms with Crippen LogP contribution in [0.2, 0.25) is 0 Å².